The smallest absolute Gasteiger partial charge is 0.126 e. The van der Waals surface area contributed by atoms with Gasteiger partial charge in [0.05, 0.1) is 6.61 Å². The van der Waals surface area contributed by atoms with E-state index in [2.05, 4.69) is 36.4 Å². The normalized spacial score (nSPS) is 9.81. The predicted octanol–water partition coefficient (Wildman–Crippen LogP) is 2.51. The van der Waals surface area contributed by atoms with Crippen LogP contribution in [0.2, 0.25) is 0 Å². The zero-order valence-corrected chi connectivity index (χ0v) is 10.0. The molecule has 0 unspecified atom stereocenters. The standard InChI is InChI=1S/C14H19NO/c1-4-5-6-10-16-14-12(2)8-7-9-13(14)11-15-3/h1,7-9,15H,5-6,10-11H2,2-3H3. The molecule has 0 aliphatic rings. The fourth-order valence-electron chi connectivity index (χ4n) is 1.60. The van der Waals surface area contributed by atoms with Crippen molar-refractivity contribution in [3.8, 4) is 18.1 Å². The average molecular weight is 217 g/mol. The highest BCUT2D eigenvalue weighted by molar-refractivity contribution is 5.40. The van der Waals surface area contributed by atoms with E-state index in [4.69, 9.17) is 11.2 Å². The maximum atomic E-state index is 5.79. The number of hydrogen-bond acceptors (Lipinski definition) is 2. The van der Waals surface area contributed by atoms with E-state index in [1.54, 1.807) is 0 Å². The predicted molar refractivity (Wildman–Crippen MR) is 67.5 cm³/mol. The summed E-state index contributed by atoms with van der Waals surface area (Å²) < 4.78 is 5.79. The molecule has 1 N–H and O–H groups in total. The van der Waals surface area contributed by atoms with E-state index in [9.17, 15) is 0 Å². The van der Waals surface area contributed by atoms with Crippen LogP contribution in [-0.2, 0) is 6.54 Å². The van der Waals surface area contributed by atoms with Crippen molar-refractivity contribution in [2.75, 3.05) is 13.7 Å². The zero-order chi connectivity index (χ0) is 11.8. The van der Waals surface area contributed by atoms with Gasteiger partial charge in [-0.25, -0.2) is 0 Å². The number of ether oxygens (including phenoxy) is 1. The Morgan fingerprint density at radius 2 is 2.25 bits per heavy atom. The van der Waals surface area contributed by atoms with Gasteiger partial charge in [-0.15, -0.1) is 12.3 Å². The van der Waals surface area contributed by atoms with Gasteiger partial charge >= 0.3 is 0 Å². The summed E-state index contributed by atoms with van der Waals surface area (Å²) in [5.74, 6) is 3.61. The lowest BCUT2D eigenvalue weighted by atomic mass is 10.1. The molecule has 86 valence electrons. The van der Waals surface area contributed by atoms with Crippen LogP contribution >= 0.6 is 0 Å². The lowest BCUT2D eigenvalue weighted by Crippen LogP contribution is -2.09. The molecule has 1 rings (SSSR count). The second-order valence-electron chi connectivity index (χ2n) is 3.75. The summed E-state index contributed by atoms with van der Waals surface area (Å²) in [5.41, 5.74) is 2.37. The zero-order valence-electron chi connectivity index (χ0n) is 10.0. The molecule has 0 aliphatic heterocycles. The molecule has 2 nitrogen and oxygen atoms in total. The van der Waals surface area contributed by atoms with Gasteiger partial charge < -0.3 is 10.1 Å². The molecule has 0 aliphatic carbocycles. The van der Waals surface area contributed by atoms with E-state index in [0.29, 0.717) is 6.61 Å². The van der Waals surface area contributed by atoms with Crippen LogP contribution < -0.4 is 10.1 Å². The molecule has 0 bridgehead atoms. The van der Waals surface area contributed by atoms with Crippen LogP contribution in [0, 0.1) is 19.3 Å². The van der Waals surface area contributed by atoms with Gasteiger partial charge in [-0.2, -0.15) is 0 Å². The van der Waals surface area contributed by atoms with Crippen LogP contribution in [0.5, 0.6) is 5.75 Å². The van der Waals surface area contributed by atoms with Gasteiger partial charge in [0.2, 0.25) is 0 Å². The quantitative estimate of drug-likeness (QED) is 0.584. The second-order valence-corrected chi connectivity index (χ2v) is 3.75. The van der Waals surface area contributed by atoms with Gasteiger partial charge in [0.25, 0.3) is 0 Å². The summed E-state index contributed by atoms with van der Waals surface area (Å²) in [7, 11) is 1.93. The lowest BCUT2D eigenvalue weighted by Gasteiger charge is -2.13. The highest BCUT2D eigenvalue weighted by Gasteiger charge is 2.05. The lowest BCUT2D eigenvalue weighted by molar-refractivity contribution is 0.307. The third kappa shape index (κ3) is 3.60. The Labute approximate surface area is 98.0 Å². The molecule has 1 aromatic rings. The maximum Gasteiger partial charge on any atom is 0.126 e. The molecule has 0 saturated carbocycles. The van der Waals surface area contributed by atoms with E-state index in [0.717, 1.165) is 25.1 Å². The average Bonchev–Trinajstić information content (AvgIpc) is 2.28. The van der Waals surface area contributed by atoms with E-state index >= 15 is 0 Å². The largest absolute Gasteiger partial charge is 0.493 e. The molecule has 0 radical (unpaired) electrons. The minimum absolute atomic E-state index is 0.686. The molecule has 0 amide bonds. The summed E-state index contributed by atoms with van der Waals surface area (Å²) in [6, 6.07) is 6.20. The number of hydrogen-bond donors (Lipinski definition) is 1. The van der Waals surface area contributed by atoms with Crippen molar-refractivity contribution < 1.29 is 4.74 Å². The molecule has 0 atom stereocenters. The number of nitrogens with one attached hydrogen (secondary N) is 1. The number of aryl methyl sites for hydroxylation is 1. The van der Waals surface area contributed by atoms with Crippen molar-refractivity contribution in [2.24, 2.45) is 0 Å². The summed E-state index contributed by atoms with van der Waals surface area (Å²) in [6.07, 6.45) is 6.88. The van der Waals surface area contributed by atoms with Crippen LogP contribution in [-0.4, -0.2) is 13.7 Å². The van der Waals surface area contributed by atoms with Gasteiger partial charge in [-0.1, -0.05) is 18.2 Å². The van der Waals surface area contributed by atoms with Crippen molar-refractivity contribution in [2.45, 2.75) is 26.3 Å². The monoisotopic (exact) mass is 217 g/mol. The number of benzene rings is 1. The Kier molecular flexibility index (Phi) is 5.45. The van der Waals surface area contributed by atoms with Gasteiger partial charge in [0.15, 0.2) is 0 Å². The molecule has 16 heavy (non-hydrogen) atoms. The van der Waals surface area contributed by atoms with E-state index in [-0.39, 0.29) is 0 Å². The van der Waals surface area contributed by atoms with Gasteiger partial charge in [0.1, 0.15) is 5.75 Å². The molecule has 1 aromatic carbocycles. The highest BCUT2D eigenvalue weighted by Crippen LogP contribution is 2.23. The first kappa shape index (κ1) is 12.6. The van der Waals surface area contributed by atoms with E-state index in [1.807, 2.05) is 7.05 Å². The highest BCUT2D eigenvalue weighted by atomic mass is 16.5. The van der Waals surface area contributed by atoms with E-state index < -0.39 is 0 Å². The van der Waals surface area contributed by atoms with Crippen LogP contribution in [0.3, 0.4) is 0 Å². The molecule has 0 heterocycles. The van der Waals surface area contributed by atoms with Crippen LogP contribution in [0.25, 0.3) is 0 Å². The van der Waals surface area contributed by atoms with Gasteiger partial charge in [-0.3, -0.25) is 0 Å². The Morgan fingerprint density at radius 1 is 1.44 bits per heavy atom. The first-order valence-electron chi connectivity index (χ1n) is 5.59. The minimum Gasteiger partial charge on any atom is -0.493 e. The third-order valence-corrected chi connectivity index (χ3v) is 2.37. The van der Waals surface area contributed by atoms with Gasteiger partial charge in [0, 0.05) is 18.5 Å². The number of terminal acetylenes is 1. The Morgan fingerprint density at radius 3 is 2.94 bits per heavy atom. The summed E-state index contributed by atoms with van der Waals surface area (Å²) in [6.45, 7) is 3.58. The third-order valence-electron chi connectivity index (χ3n) is 2.37. The Bertz CT molecular complexity index is 365. The second kappa shape index (κ2) is 6.92. The van der Waals surface area contributed by atoms with Crippen molar-refractivity contribution in [1.29, 1.82) is 0 Å². The molecule has 0 fully saturated rings. The van der Waals surface area contributed by atoms with Crippen molar-refractivity contribution in [3.05, 3.63) is 29.3 Å². The maximum absolute atomic E-state index is 5.79. The molecule has 0 saturated heterocycles. The minimum atomic E-state index is 0.686. The fraction of sp³-hybridized carbons (Fsp3) is 0.429. The molecular formula is C14H19NO. The first-order valence-corrected chi connectivity index (χ1v) is 5.59. The summed E-state index contributed by atoms with van der Waals surface area (Å²) in [4.78, 5) is 0. The number of para-hydroxylation sites is 1. The first-order chi connectivity index (χ1) is 7.79. The van der Waals surface area contributed by atoms with Crippen LogP contribution in [0.1, 0.15) is 24.0 Å². The molecule has 0 spiro atoms. The van der Waals surface area contributed by atoms with Crippen molar-refractivity contribution >= 4 is 0 Å². The topological polar surface area (TPSA) is 21.3 Å². The van der Waals surface area contributed by atoms with Crippen molar-refractivity contribution in [3.63, 3.8) is 0 Å². The van der Waals surface area contributed by atoms with Crippen LogP contribution in [0.15, 0.2) is 18.2 Å². The number of rotatable bonds is 6. The van der Waals surface area contributed by atoms with Gasteiger partial charge in [-0.05, 0) is 26.0 Å². The molecule has 2 heteroatoms. The molecule has 0 aromatic heterocycles. The summed E-state index contributed by atoms with van der Waals surface area (Å²) >= 11 is 0. The molecular weight excluding hydrogens is 198 g/mol. The fourth-order valence-corrected chi connectivity index (χ4v) is 1.60. The Hall–Kier alpha value is -1.46. The number of unbranched alkanes of at least 4 members (excludes halogenated alkanes) is 1. The van der Waals surface area contributed by atoms with E-state index in [1.165, 1.54) is 11.1 Å². The summed E-state index contributed by atoms with van der Waals surface area (Å²) in [5, 5.41) is 3.14. The Balaban J connectivity index is 2.65. The van der Waals surface area contributed by atoms with Crippen LogP contribution in [0.4, 0.5) is 0 Å². The van der Waals surface area contributed by atoms with Crippen molar-refractivity contribution in [1.82, 2.24) is 5.32 Å². The SMILES string of the molecule is C#CCCCOc1c(C)cccc1CNC.